The summed E-state index contributed by atoms with van der Waals surface area (Å²) in [5.41, 5.74) is 6.89. The Labute approximate surface area is 202 Å². The molecule has 5 N–H and O–H groups in total. The molecular formula is C22H34ClN5O4S. The summed E-state index contributed by atoms with van der Waals surface area (Å²) in [6.07, 6.45) is 2.80. The van der Waals surface area contributed by atoms with Crippen LogP contribution in [0.15, 0.2) is 36.9 Å². The monoisotopic (exact) mass is 499 g/mol. The lowest BCUT2D eigenvalue weighted by Gasteiger charge is -2.29. The number of sulfonamides is 1. The second-order valence-electron chi connectivity index (χ2n) is 8.39. The van der Waals surface area contributed by atoms with Crippen molar-refractivity contribution in [1.29, 1.82) is 5.41 Å². The molecule has 1 heterocycles. The van der Waals surface area contributed by atoms with Crippen molar-refractivity contribution < 1.29 is 18.0 Å². The number of nitrogens with zero attached hydrogens (tertiary/aromatic N) is 1. The zero-order chi connectivity index (χ0) is 23.9. The van der Waals surface area contributed by atoms with Gasteiger partial charge in [-0.2, -0.15) is 0 Å². The molecule has 11 heteroatoms. The molecule has 9 nitrogen and oxygen atoms in total. The molecule has 0 saturated carbocycles. The van der Waals surface area contributed by atoms with Crippen LogP contribution in [0.3, 0.4) is 0 Å². The average Bonchev–Trinajstić information content (AvgIpc) is 3.20. The van der Waals surface area contributed by atoms with Gasteiger partial charge in [0.15, 0.2) is 0 Å². The largest absolute Gasteiger partial charge is 0.384 e. The predicted molar refractivity (Wildman–Crippen MR) is 132 cm³/mol. The maximum absolute atomic E-state index is 13.2. The Morgan fingerprint density at radius 3 is 2.48 bits per heavy atom. The number of likely N-dealkylation sites (tertiary alicyclic amines) is 1. The minimum Gasteiger partial charge on any atom is -0.384 e. The van der Waals surface area contributed by atoms with Crippen molar-refractivity contribution in [3.8, 4) is 0 Å². The lowest BCUT2D eigenvalue weighted by atomic mass is 10.0. The van der Waals surface area contributed by atoms with Gasteiger partial charge in [-0.1, -0.05) is 44.2 Å². The van der Waals surface area contributed by atoms with E-state index in [1.807, 2.05) is 13.8 Å². The number of rotatable bonds is 11. The fraction of sp³-hybridized carbons (Fsp3) is 0.500. The second kappa shape index (κ2) is 12.7. The minimum atomic E-state index is -3.68. The second-order valence-corrected chi connectivity index (χ2v) is 10.2. The summed E-state index contributed by atoms with van der Waals surface area (Å²) in [5, 5.41) is 10.3. The Morgan fingerprint density at radius 2 is 1.94 bits per heavy atom. The number of nitrogens with two attached hydrogens (primary N) is 1. The van der Waals surface area contributed by atoms with E-state index in [1.165, 1.54) is 11.0 Å². The lowest BCUT2D eigenvalue weighted by molar-refractivity contribution is -0.140. The van der Waals surface area contributed by atoms with Crippen molar-refractivity contribution in [2.75, 3.05) is 12.3 Å². The summed E-state index contributed by atoms with van der Waals surface area (Å²) < 4.78 is 26.9. The molecule has 1 aromatic rings. The molecule has 1 aliphatic heterocycles. The van der Waals surface area contributed by atoms with Gasteiger partial charge in [-0.05, 0) is 30.7 Å². The Hall–Kier alpha value is -2.43. The Kier molecular flexibility index (Phi) is 11.0. The number of hydrogen-bond acceptors (Lipinski definition) is 5. The van der Waals surface area contributed by atoms with E-state index in [-0.39, 0.29) is 48.3 Å². The van der Waals surface area contributed by atoms with Gasteiger partial charge < -0.3 is 16.0 Å². The molecule has 0 radical (unpaired) electrons. The highest BCUT2D eigenvalue weighted by atomic mass is 35.5. The van der Waals surface area contributed by atoms with Crippen molar-refractivity contribution >= 4 is 40.1 Å². The molecule has 0 aliphatic carbocycles. The minimum absolute atomic E-state index is 0. The summed E-state index contributed by atoms with van der Waals surface area (Å²) in [7, 11) is -3.68. The van der Waals surface area contributed by atoms with E-state index in [0.29, 0.717) is 31.4 Å². The van der Waals surface area contributed by atoms with Crippen molar-refractivity contribution in [3.05, 3.63) is 48.0 Å². The molecule has 0 bridgehead atoms. The summed E-state index contributed by atoms with van der Waals surface area (Å²) in [6, 6.07) is 5.41. The number of amides is 2. The quantitative estimate of drug-likeness (QED) is 0.207. The molecule has 1 unspecified atom stereocenters. The van der Waals surface area contributed by atoms with Gasteiger partial charge in [0.2, 0.25) is 21.8 Å². The number of nitrogens with one attached hydrogen (secondary N) is 3. The number of benzene rings is 1. The normalized spacial score (nSPS) is 16.7. The van der Waals surface area contributed by atoms with Crippen LogP contribution in [0, 0.1) is 11.3 Å². The first-order valence-electron chi connectivity index (χ1n) is 10.7. The zero-order valence-corrected chi connectivity index (χ0v) is 20.7. The first-order valence-corrected chi connectivity index (χ1v) is 12.3. The molecule has 1 aliphatic rings. The van der Waals surface area contributed by atoms with E-state index in [0.717, 1.165) is 5.56 Å². The molecule has 0 spiro atoms. The van der Waals surface area contributed by atoms with Crippen LogP contribution in [0.25, 0.3) is 0 Å². The van der Waals surface area contributed by atoms with Crippen LogP contribution in [0.4, 0.5) is 0 Å². The smallest absolute Gasteiger partial charge is 0.243 e. The lowest BCUT2D eigenvalue weighted by Crippen LogP contribution is -2.53. The van der Waals surface area contributed by atoms with Gasteiger partial charge >= 0.3 is 0 Å². The number of amidine groups is 1. The van der Waals surface area contributed by atoms with Crippen molar-refractivity contribution in [1.82, 2.24) is 14.9 Å². The van der Waals surface area contributed by atoms with Crippen LogP contribution in [0.1, 0.15) is 44.2 Å². The Morgan fingerprint density at radius 1 is 1.30 bits per heavy atom. The molecule has 1 fully saturated rings. The molecule has 184 valence electrons. The number of carbonyl (C=O) groups excluding carboxylic acids is 2. The number of hydrogen-bond donors (Lipinski definition) is 4. The van der Waals surface area contributed by atoms with Gasteiger partial charge in [0, 0.05) is 18.7 Å². The molecular weight excluding hydrogens is 466 g/mol. The zero-order valence-electron chi connectivity index (χ0n) is 19.0. The maximum atomic E-state index is 13.2. The van der Waals surface area contributed by atoms with Crippen LogP contribution in [-0.4, -0.2) is 55.3 Å². The number of halogens is 1. The first kappa shape index (κ1) is 28.6. The third kappa shape index (κ3) is 8.45. The maximum Gasteiger partial charge on any atom is 0.243 e. The molecule has 2 atom stereocenters. The third-order valence-corrected chi connectivity index (χ3v) is 6.55. The Balaban J connectivity index is 0.00000544. The topological polar surface area (TPSA) is 145 Å². The van der Waals surface area contributed by atoms with Crippen LogP contribution < -0.4 is 15.8 Å². The average molecular weight is 500 g/mol. The standard InChI is InChI=1S/C22H33N5O4S.ClH/c1-4-12-32(30,31)26-18(13-15(2)3)22(29)27-11-5-6-19(27)21(28)25-14-16-7-9-17(10-8-16)20(23)24;/h4,7-10,15,18-19,26H,1,5-6,11-14H2,2-3H3,(H3,23,24)(H,25,28);1H/t18?,19-;/m0./s1. The predicted octanol–water partition coefficient (Wildman–Crippen LogP) is 1.52. The van der Waals surface area contributed by atoms with Crippen LogP contribution in [0.2, 0.25) is 0 Å². The highest BCUT2D eigenvalue weighted by Crippen LogP contribution is 2.21. The van der Waals surface area contributed by atoms with Crippen LogP contribution in [-0.2, 0) is 26.2 Å². The fourth-order valence-electron chi connectivity index (χ4n) is 3.70. The number of nitrogen functional groups attached to an aromatic ring is 1. The summed E-state index contributed by atoms with van der Waals surface area (Å²) in [6.45, 7) is 7.95. The van der Waals surface area contributed by atoms with Gasteiger partial charge in [0.05, 0.1) is 5.75 Å². The molecule has 0 aromatic heterocycles. The van der Waals surface area contributed by atoms with Gasteiger partial charge in [-0.25, -0.2) is 13.1 Å². The van der Waals surface area contributed by atoms with E-state index >= 15 is 0 Å². The van der Waals surface area contributed by atoms with Gasteiger partial charge in [0.25, 0.3) is 0 Å². The summed E-state index contributed by atoms with van der Waals surface area (Å²) >= 11 is 0. The van der Waals surface area contributed by atoms with Gasteiger partial charge in [-0.3, -0.25) is 15.0 Å². The van der Waals surface area contributed by atoms with E-state index in [2.05, 4.69) is 16.6 Å². The van der Waals surface area contributed by atoms with E-state index < -0.39 is 22.1 Å². The summed E-state index contributed by atoms with van der Waals surface area (Å²) in [5.74, 6) is -0.872. The van der Waals surface area contributed by atoms with Crippen molar-refractivity contribution in [2.24, 2.45) is 11.7 Å². The molecule has 1 aromatic carbocycles. The van der Waals surface area contributed by atoms with Crippen molar-refractivity contribution in [3.63, 3.8) is 0 Å². The number of carbonyl (C=O) groups is 2. The first-order chi connectivity index (χ1) is 15.0. The van der Waals surface area contributed by atoms with Crippen molar-refractivity contribution in [2.45, 2.75) is 51.7 Å². The van der Waals surface area contributed by atoms with Gasteiger partial charge in [0.1, 0.15) is 17.9 Å². The highest BCUT2D eigenvalue weighted by molar-refractivity contribution is 7.89. The Bertz CT molecular complexity index is 950. The van der Waals surface area contributed by atoms with E-state index in [1.54, 1.807) is 24.3 Å². The van der Waals surface area contributed by atoms with E-state index in [4.69, 9.17) is 11.1 Å². The van der Waals surface area contributed by atoms with Gasteiger partial charge in [-0.15, -0.1) is 19.0 Å². The van der Waals surface area contributed by atoms with Crippen LogP contribution >= 0.6 is 12.4 Å². The third-order valence-electron chi connectivity index (χ3n) is 5.23. The molecule has 2 rings (SSSR count). The van der Waals surface area contributed by atoms with Crippen LogP contribution in [0.5, 0.6) is 0 Å². The highest BCUT2D eigenvalue weighted by Gasteiger charge is 2.38. The summed E-state index contributed by atoms with van der Waals surface area (Å²) in [4.78, 5) is 27.5. The molecule has 33 heavy (non-hydrogen) atoms. The SMILES string of the molecule is C=CCS(=O)(=O)NC(CC(C)C)C(=O)N1CCC[C@H]1C(=O)NCc1ccc(C(=N)N)cc1.Cl. The van der Waals surface area contributed by atoms with E-state index in [9.17, 15) is 18.0 Å². The fourth-order valence-corrected chi connectivity index (χ4v) is 4.74. The molecule has 1 saturated heterocycles. The molecule has 2 amide bonds.